The van der Waals surface area contributed by atoms with Crippen LogP contribution in [0.3, 0.4) is 0 Å². The van der Waals surface area contributed by atoms with E-state index >= 15 is 8.78 Å². The molecule has 192 valence electrons. The third-order valence-electron chi connectivity index (χ3n) is 6.34. The number of benzene rings is 1. The number of anilines is 1. The molecule has 1 aliphatic heterocycles. The van der Waals surface area contributed by atoms with Gasteiger partial charge in [0.15, 0.2) is 11.5 Å². The number of ether oxygens (including phenoxy) is 2. The topological polar surface area (TPSA) is 142 Å². The normalized spacial score (nSPS) is 24.7. The number of alkyl halides is 2. The summed E-state index contributed by atoms with van der Waals surface area (Å²) in [5, 5.41) is 9.46. The molecule has 2 aliphatic rings. The molecule has 5 rings (SSSR count). The molecule has 1 aromatic carbocycles. The predicted molar refractivity (Wildman–Crippen MR) is 127 cm³/mol. The van der Waals surface area contributed by atoms with Crippen LogP contribution in [0.5, 0.6) is 0 Å². The number of hydrogen-bond acceptors (Lipinski definition) is 8. The predicted octanol–water partition coefficient (Wildman–Crippen LogP) is 3.65. The van der Waals surface area contributed by atoms with Crippen molar-refractivity contribution in [2.24, 2.45) is 11.8 Å². The number of rotatable bonds is 6. The highest BCUT2D eigenvalue weighted by Crippen LogP contribution is 2.53. The number of halogens is 3. The SMILES string of the molecule is Nc1nc(Cl)nc2c1ncn2[C@@H]1O[C@@H](COC(=O)c2ccccc2)[C@@H](C2=CC=CCC2C(=O)O)C1(F)F. The number of nitrogen functional groups attached to an aromatic ring is 1. The van der Waals surface area contributed by atoms with Crippen LogP contribution >= 0.6 is 11.6 Å². The molecule has 1 aliphatic carbocycles. The highest BCUT2D eigenvalue weighted by atomic mass is 35.5. The maximum Gasteiger partial charge on any atom is 0.338 e. The van der Waals surface area contributed by atoms with E-state index in [1.807, 2.05) is 0 Å². The smallest absolute Gasteiger partial charge is 0.338 e. The van der Waals surface area contributed by atoms with Crippen LogP contribution in [0.15, 0.2) is 60.5 Å². The second kappa shape index (κ2) is 9.52. The van der Waals surface area contributed by atoms with Crippen molar-refractivity contribution in [2.75, 3.05) is 12.3 Å². The number of hydrogen-bond donors (Lipinski definition) is 2. The van der Waals surface area contributed by atoms with Gasteiger partial charge in [-0.1, -0.05) is 36.4 Å². The van der Waals surface area contributed by atoms with E-state index in [4.69, 9.17) is 26.8 Å². The van der Waals surface area contributed by atoms with E-state index in [0.29, 0.717) is 0 Å². The standard InChI is InChI=1S/C24H20ClF2N5O5/c25-23-30-18(28)17-19(31-23)32(11-29-17)22-24(26,27)16(13-8-4-5-9-14(13)20(33)34)15(37-22)10-36-21(35)12-6-2-1-3-7-12/h1-8,11,14-16,22H,9-10H2,(H,33,34)(H2,28,30,31)/t14?,15-,16+,22+/m0/s1. The molecule has 1 saturated heterocycles. The highest BCUT2D eigenvalue weighted by Gasteiger charge is 2.62. The molecule has 0 amide bonds. The molecule has 0 bridgehead atoms. The Bertz CT molecular complexity index is 1430. The Kier molecular flexibility index (Phi) is 6.38. The summed E-state index contributed by atoms with van der Waals surface area (Å²) in [5.74, 6) is -8.71. The number of allylic oxidation sites excluding steroid dienone is 3. The first-order valence-electron chi connectivity index (χ1n) is 11.2. The van der Waals surface area contributed by atoms with Crippen molar-refractivity contribution in [1.82, 2.24) is 19.5 Å². The summed E-state index contributed by atoms with van der Waals surface area (Å²) in [6.45, 7) is -0.553. The van der Waals surface area contributed by atoms with Crippen molar-refractivity contribution < 1.29 is 33.0 Å². The number of carboxylic acids is 1. The van der Waals surface area contributed by atoms with E-state index in [0.717, 1.165) is 10.9 Å². The van der Waals surface area contributed by atoms with Gasteiger partial charge in [0.05, 0.1) is 23.7 Å². The number of nitrogens with zero attached hydrogens (tertiary/aromatic N) is 4. The van der Waals surface area contributed by atoms with E-state index in [9.17, 15) is 14.7 Å². The molecule has 1 fully saturated rings. The molecule has 0 radical (unpaired) electrons. The summed E-state index contributed by atoms with van der Waals surface area (Å²) >= 11 is 5.90. The Hall–Kier alpha value is -3.90. The molecule has 2 aromatic heterocycles. The second-order valence-corrected chi connectivity index (χ2v) is 8.90. The van der Waals surface area contributed by atoms with Crippen LogP contribution < -0.4 is 5.73 Å². The maximum atomic E-state index is 16.2. The molecule has 37 heavy (non-hydrogen) atoms. The molecule has 10 nitrogen and oxygen atoms in total. The van der Waals surface area contributed by atoms with Crippen molar-refractivity contribution in [3.8, 4) is 0 Å². The van der Waals surface area contributed by atoms with Crippen molar-refractivity contribution in [1.29, 1.82) is 0 Å². The van der Waals surface area contributed by atoms with E-state index in [2.05, 4.69) is 15.0 Å². The molecular weight excluding hydrogens is 512 g/mol. The summed E-state index contributed by atoms with van der Waals surface area (Å²) in [6, 6.07) is 8.02. The van der Waals surface area contributed by atoms with Crippen molar-refractivity contribution in [3.63, 3.8) is 0 Å². The Morgan fingerprint density at radius 1 is 1.27 bits per heavy atom. The van der Waals surface area contributed by atoms with Gasteiger partial charge in [0.2, 0.25) is 11.5 Å². The fourth-order valence-electron chi connectivity index (χ4n) is 4.67. The van der Waals surface area contributed by atoms with Crippen LogP contribution in [0.2, 0.25) is 5.28 Å². The lowest BCUT2D eigenvalue weighted by molar-refractivity contribution is -0.141. The molecule has 4 atom stereocenters. The van der Waals surface area contributed by atoms with Crippen molar-refractivity contribution in [2.45, 2.75) is 24.7 Å². The van der Waals surface area contributed by atoms with Crippen molar-refractivity contribution >= 4 is 40.5 Å². The highest BCUT2D eigenvalue weighted by molar-refractivity contribution is 6.28. The van der Waals surface area contributed by atoms with Gasteiger partial charge in [-0.15, -0.1) is 0 Å². The number of imidazole rings is 1. The zero-order valence-corrected chi connectivity index (χ0v) is 19.8. The summed E-state index contributed by atoms with van der Waals surface area (Å²) in [5.41, 5.74) is 5.96. The Morgan fingerprint density at radius 2 is 2.03 bits per heavy atom. The van der Waals surface area contributed by atoms with Crippen LogP contribution in [-0.4, -0.2) is 55.2 Å². The summed E-state index contributed by atoms with van der Waals surface area (Å²) in [7, 11) is 0. The van der Waals surface area contributed by atoms with Crippen LogP contribution in [0.25, 0.3) is 11.2 Å². The van der Waals surface area contributed by atoms with E-state index in [-0.39, 0.29) is 39.8 Å². The van der Waals surface area contributed by atoms with E-state index < -0.39 is 48.6 Å². The number of aliphatic carboxylic acids is 1. The molecular formula is C24H20ClF2N5O5. The zero-order valence-electron chi connectivity index (χ0n) is 19.0. The summed E-state index contributed by atoms with van der Waals surface area (Å²) in [6.07, 6.45) is 2.19. The minimum atomic E-state index is -3.67. The third-order valence-corrected chi connectivity index (χ3v) is 6.51. The minimum absolute atomic E-state index is 0.0301. The lowest BCUT2D eigenvalue weighted by Gasteiger charge is -2.30. The Morgan fingerprint density at radius 3 is 2.76 bits per heavy atom. The van der Waals surface area contributed by atoms with Gasteiger partial charge in [0.1, 0.15) is 18.2 Å². The first-order chi connectivity index (χ1) is 17.7. The number of fused-ring (bicyclic) bond motifs is 1. The van der Waals surface area contributed by atoms with Gasteiger partial charge in [-0.05, 0) is 35.7 Å². The van der Waals surface area contributed by atoms with Gasteiger partial charge in [-0.3, -0.25) is 9.36 Å². The van der Waals surface area contributed by atoms with Crippen LogP contribution in [-0.2, 0) is 14.3 Å². The van der Waals surface area contributed by atoms with Gasteiger partial charge in [-0.2, -0.15) is 9.97 Å². The lowest BCUT2D eigenvalue weighted by atomic mass is 9.78. The number of carbonyl (C=O) groups is 2. The fourth-order valence-corrected chi connectivity index (χ4v) is 4.84. The van der Waals surface area contributed by atoms with Crippen LogP contribution in [0.4, 0.5) is 14.6 Å². The Balaban J connectivity index is 1.54. The summed E-state index contributed by atoms with van der Waals surface area (Å²) < 4.78 is 44.5. The average Bonchev–Trinajstić information content (AvgIpc) is 3.40. The van der Waals surface area contributed by atoms with Crippen LogP contribution in [0, 0.1) is 11.8 Å². The fraction of sp³-hybridized carbons (Fsp3) is 0.292. The molecule has 1 unspecified atom stereocenters. The number of nitrogens with two attached hydrogens (primary N) is 1. The number of carboxylic acid groups (broad SMARTS) is 1. The monoisotopic (exact) mass is 531 g/mol. The minimum Gasteiger partial charge on any atom is -0.481 e. The van der Waals surface area contributed by atoms with Gasteiger partial charge in [-0.25, -0.2) is 18.6 Å². The van der Waals surface area contributed by atoms with Crippen molar-refractivity contribution in [3.05, 3.63) is 71.3 Å². The number of aromatic nitrogens is 4. The van der Waals surface area contributed by atoms with E-state index in [1.165, 1.54) is 24.3 Å². The lowest BCUT2D eigenvalue weighted by Crippen LogP contribution is -2.40. The van der Waals surface area contributed by atoms with E-state index in [1.54, 1.807) is 24.3 Å². The number of esters is 1. The molecule has 3 N–H and O–H groups in total. The molecule has 13 heteroatoms. The second-order valence-electron chi connectivity index (χ2n) is 8.57. The molecule has 0 saturated carbocycles. The largest absolute Gasteiger partial charge is 0.481 e. The Labute approximate surface area is 213 Å². The van der Waals surface area contributed by atoms with Crippen LogP contribution in [0.1, 0.15) is 23.0 Å². The van der Waals surface area contributed by atoms with Gasteiger partial charge in [0.25, 0.3) is 0 Å². The first-order valence-corrected chi connectivity index (χ1v) is 11.6. The first kappa shape index (κ1) is 24.8. The quantitative estimate of drug-likeness (QED) is 0.360. The zero-order chi connectivity index (χ0) is 26.3. The number of carbonyl (C=O) groups excluding carboxylic acids is 1. The molecule has 0 spiro atoms. The third kappa shape index (κ3) is 4.42. The maximum absolute atomic E-state index is 16.2. The molecule has 3 aromatic rings. The van der Waals surface area contributed by atoms with Gasteiger partial charge < -0.3 is 20.3 Å². The average molecular weight is 532 g/mol. The molecule has 3 heterocycles. The van der Waals surface area contributed by atoms with Gasteiger partial charge >= 0.3 is 17.9 Å². The van der Waals surface area contributed by atoms with Gasteiger partial charge in [0, 0.05) is 0 Å². The summed E-state index contributed by atoms with van der Waals surface area (Å²) in [4.78, 5) is 36.3.